The van der Waals surface area contributed by atoms with E-state index in [0.717, 1.165) is 24.3 Å². The third kappa shape index (κ3) is 3.74. The van der Waals surface area contributed by atoms with Gasteiger partial charge in [-0.05, 0) is 37.0 Å². The molecule has 0 saturated heterocycles. The van der Waals surface area contributed by atoms with Crippen LogP contribution in [-0.2, 0) is 0 Å². The lowest BCUT2D eigenvalue weighted by Gasteiger charge is -2.30. The van der Waals surface area contributed by atoms with Crippen LogP contribution in [0, 0.1) is 16.7 Å². The Kier molecular flexibility index (Phi) is 5.59. The van der Waals surface area contributed by atoms with Crippen LogP contribution < -0.4 is 4.90 Å². The van der Waals surface area contributed by atoms with Gasteiger partial charge in [-0.15, -0.1) is 0 Å². The van der Waals surface area contributed by atoms with Gasteiger partial charge >= 0.3 is 0 Å². The van der Waals surface area contributed by atoms with Gasteiger partial charge in [-0.1, -0.05) is 32.9 Å². The normalized spacial score (nSPS) is 14.4. The summed E-state index contributed by atoms with van der Waals surface area (Å²) >= 11 is 0. The summed E-state index contributed by atoms with van der Waals surface area (Å²) in [4.78, 5) is 2.26. The van der Waals surface area contributed by atoms with E-state index in [0.29, 0.717) is 0 Å². The number of aliphatic hydroxyl groups excluding tert-OH is 1. The van der Waals surface area contributed by atoms with E-state index in [1.807, 2.05) is 45.0 Å². The fourth-order valence-electron chi connectivity index (χ4n) is 2.31. The minimum Gasteiger partial charge on any atom is -0.391 e. The van der Waals surface area contributed by atoms with E-state index in [4.69, 9.17) is 0 Å². The van der Waals surface area contributed by atoms with Crippen molar-refractivity contribution >= 4 is 5.69 Å². The number of rotatable bonds is 5. The van der Waals surface area contributed by atoms with Gasteiger partial charge in [-0.3, -0.25) is 0 Å². The third-order valence-corrected chi connectivity index (χ3v) is 3.72. The first-order valence-corrected chi connectivity index (χ1v) is 7.27. The predicted molar refractivity (Wildman–Crippen MR) is 83.8 cm³/mol. The summed E-state index contributed by atoms with van der Waals surface area (Å²) in [6.45, 7) is 12.0. The van der Waals surface area contributed by atoms with Gasteiger partial charge in [0.1, 0.15) is 0 Å². The highest BCUT2D eigenvalue weighted by molar-refractivity contribution is 5.48. The minimum atomic E-state index is -0.674. The van der Waals surface area contributed by atoms with Crippen LogP contribution in [0.3, 0.4) is 0 Å². The molecule has 3 nitrogen and oxygen atoms in total. The molecule has 0 aliphatic heterocycles. The van der Waals surface area contributed by atoms with Crippen LogP contribution in [-0.4, -0.2) is 24.3 Å². The van der Waals surface area contributed by atoms with Crippen molar-refractivity contribution in [3.05, 3.63) is 29.8 Å². The van der Waals surface area contributed by atoms with Crippen molar-refractivity contribution in [3.63, 3.8) is 0 Å². The Morgan fingerprint density at radius 3 is 2.00 bits per heavy atom. The lowest BCUT2D eigenvalue weighted by molar-refractivity contribution is 0.0527. The monoisotopic (exact) mass is 274 g/mol. The molecule has 20 heavy (non-hydrogen) atoms. The van der Waals surface area contributed by atoms with E-state index in [9.17, 15) is 10.4 Å². The quantitative estimate of drug-likeness (QED) is 0.893. The van der Waals surface area contributed by atoms with Gasteiger partial charge in [0.05, 0.1) is 18.1 Å². The van der Waals surface area contributed by atoms with Gasteiger partial charge in [-0.25, -0.2) is 0 Å². The van der Waals surface area contributed by atoms with Gasteiger partial charge in [0, 0.05) is 18.8 Å². The smallest absolute Gasteiger partial charge is 0.0976 e. The second-order valence-corrected chi connectivity index (χ2v) is 6.18. The zero-order chi connectivity index (χ0) is 15.3. The topological polar surface area (TPSA) is 47.3 Å². The average molecular weight is 274 g/mol. The highest BCUT2D eigenvalue weighted by atomic mass is 16.3. The Labute approximate surface area is 122 Å². The summed E-state index contributed by atoms with van der Waals surface area (Å²) < 4.78 is 0. The highest BCUT2D eigenvalue weighted by Crippen LogP contribution is 2.32. The molecule has 0 aromatic heterocycles. The first-order chi connectivity index (χ1) is 9.35. The van der Waals surface area contributed by atoms with Crippen LogP contribution in [0.5, 0.6) is 0 Å². The fourth-order valence-corrected chi connectivity index (χ4v) is 2.31. The number of benzene rings is 1. The molecule has 0 aliphatic carbocycles. The van der Waals surface area contributed by atoms with Gasteiger partial charge in [-0.2, -0.15) is 5.26 Å². The predicted octanol–water partition coefficient (Wildman–Crippen LogP) is 3.55. The Hall–Kier alpha value is -1.53. The van der Waals surface area contributed by atoms with Crippen molar-refractivity contribution in [2.24, 2.45) is 5.41 Å². The maximum absolute atomic E-state index is 10.3. The van der Waals surface area contributed by atoms with E-state index in [1.165, 1.54) is 0 Å². The molecule has 0 fully saturated rings. The number of hydrogen-bond donors (Lipinski definition) is 1. The third-order valence-electron chi connectivity index (χ3n) is 3.72. The van der Waals surface area contributed by atoms with Gasteiger partial charge in [0.2, 0.25) is 0 Å². The summed E-state index contributed by atoms with van der Waals surface area (Å²) in [5.41, 5.74) is 1.73. The molecule has 0 bridgehead atoms. The van der Waals surface area contributed by atoms with E-state index in [1.54, 1.807) is 0 Å². The lowest BCUT2D eigenvalue weighted by Crippen LogP contribution is -2.31. The summed E-state index contributed by atoms with van der Waals surface area (Å²) in [5, 5.41) is 19.7. The Morgan fingerprint density at radius 1 is 1.15 bits per heavy atom. The van der Waals surface area contributed by atoms with Crippen molar-refractivity contribution in [2.75, 3.05) is 18.0 Å². The largest absolute Gasteiger partial charge is 0.391 e. The number of nitrogens with zero attached hydrogens (tertiary/aromatic N) is 2. The zero-order valence-electron chi connectivity index (χ0n) is 13.2. The molecule has 2 atom stereocenters. The van der Waals surface area contributed by atoms with Crippen molar-refractivity contribution in [2.45, 2.75) is 46.6 Å². The molecule has 110 valence electrons. The number of anilines is 1. The number of aliphatic hydroxyl groups is 1. The van der Waals surface area contributed by atoms with Crippen molar-refractivity contribution in [3.8, 4) is 6.07 Å². The molecular weight excluding hydrogens is 248 g/mol. The van der Waals surface area contributed by atoms with Crippen molar-refractivity contribution < 1.29 is 5.11 Å². The van der Waals surface area contributed by atoms with Crippen LogP contribution in [0.15, 0.2) is 24.3 Å². The molecular formula is C17H26N2O. The average Bonchev–Trinajstić information content (AvgIpc) is 2.41. The summed E-state index contributed by atoms with van der Waals surface area (Å²) in [6.07, 6.45) is -0.674. The van der Waals surface area contributed by atoms with Crippen molar-refractivity contribution in [1.82, 2.24) is 0 Å². The van der Waals surface area contributed by atoms with Crippen LogP contribution in [0.4, 0.5) is 5.69 Å². The lowest BCUT2D eigenvalue weighted by atomic mass is 9.79. The molecule has 3 heteroatoms. The maximum atomic E-state index is 10.3. The van der Waals surface area contributed by atoms with Crippen LogP contribution in [0.2, 0.25) is 0 Å². The standard InChI is InChI=1S/C17H26N2O/c1-6-19(7-2)14-10-8-13(9-11-14)15(12-18)16(20)17(3,4)5/h8-11,15-16,20H,6-7H2,1-5H3. The molecule has 0 aliphatic rings. The van der Waals surface area contributed by atoms with E-state index >= 15 is 0 Å². The van der Waals surface area contributed by atoms with E-state index in [-0.39, 0.29) is 5.41 Å². The molecule has 2 unspecified atom stereocenters. The molecule has 1 aromatic rings. The summed E-state index contributed by atoms with van der Waals surface area (Å²) in [6, 6.07) is 10.2. The fraction of sp³-hybridized carbons (Fsp3) is 0.588. The van der Waals surface area contributed by atoms with Gasteiger partial charge in [0.15, 0.2) is 0 Å². The summed E-state index contributed by atoms with van der Waals surface area (Å²) in [7, 11) is 0. The molecule has 1 N–H and O–H groups in total. The summed E-state index contributed by atoms with van der Waals surface area (Å²) in [5.74, 6) is -0.485. The first-order valence-electron chi connectivity index (χ1n) is 7.27. The molecule has 0 radical (unpaired) electrons. The van der Waals surface area contributed by atoms with E-state index < -0.39 is 12.0 Å². The second-order valence-electron chi connectivity index (χ2n) is 6.18. The molecule has 0 amide bonds. The SMILES string of the molecule is CCN(CC)c1ccc(C(C#N)C(O)C(C)(C)C)cc1. The van der Waals surface area contributed by atoms with Crippen LogP contribution in [0.25, 0.3) is 0 Å². The van der Waals surface area contributed by atoms with Crippen molar-refractivity contribution in [1.29, 1.82) is 5.26 Å². The highest BCUT2D eigenvalue weighted by Gasteiger charge is 2.31. The first kappa shape index (κ1) is 16.5. The minimum absolute atomic E-state index is 0.308. The Balaban J connectivity index is 3.00. The molecule has 0 heterocycles. The number of nitriles is 1. The Bertz CT molecular complexity index is 449. The Morgan fingerprint density at radius 2 is 1.65 bits per heavy atom. The molecule has 0 spiro atoms. The number of hydrogen-bond acceptors (Lipinski definition) is 3. The van der Waals surface area contributed by atoms with Crippen LogP contribution >= 0.6 is 0 Å². The molecule has 0 saturated carbocycles. The molecule has 1 rings (SSSR count). The maximum Gasteiger partial charge on any atom is 0.0976 e. The zero-order valence-corrected chi connectivity index (χ0v) is 13.2. The second kappa shape index (κ2) is 6.76. The molecule has 1 aromatic carbocycles. The van der Waals surface area contributed by atoms with Gasteiger partial charge < -0.3 is 10.0 Å². The van der Waals surface area contributed by atoms with Gasteiger partial charge in [0.25, 0.3) is 0 Å². The van der Waals surface area contributed by atoms with E-state index in [2.05, 4.69) is 24.8 Å². The van der Waals surface area contributed by atoms with Crippen LogP contribution in [0.1, 0.15) is 46.1 Å².